The maximum Gasteiger partial charge on any atom is 0.255 e. The van der Waals surface area contributed by atoms with Crippen molar-refractivity contribution in [3.8, 4) is 0 Å². The molecule has 2 aromatic carbocycles. The van der Waals surface area contributed by atoms with E-state index in [0.29, 0.717) is 12.0 Å². The molecule has 0 aromatic heterocycles. The summed E-state index contributed by atoms with van der Waals surface area (Å²) in [6.45, 7) is 3.13. The van der Waals surface area contributed by atoms with Crippen molar-refractivity contribution in [3.05, 3.63) is 64.7 Å². The summed E-state index contributed by atoms with van der Waals surface area (Å²) < 4.78 is 0. The van der Waals surface area contributed by atoms with Crippen molar-refractivity contribution >= 4 is 17.5 Å². The van der Waals surface area contributed by atoms with Gasteiger partial charge in [0.15, 0.2) is 0 Å². The van der Waals surface area contributed by atoms with Gasteiger partial charge in [0.25, 0.3) is 5.91 Å². The number of hydrogen-bond donors (Lipinski definition) is 3. The molecule has 2 aromatic rings. The SMILES string of the molecule is O=C(Nc1ccc2c(c1)CC(C(=O)NO)CC2)c1cccc(CN2CCCC2)c1. The van der Waals surface area contributed by atoms with Crippen LogP contribution in [0.4, 0.5) is 5.69 Å². The molecule has 0 bridgehead atoms. The van der Waals surface area contributed by atoms with Gasteiger partial charge in [0.2, 0.25) is 5.91 Å². The van der Waals surface area contributed by atoms with Crippen molar-refractivity contribution in [2.75, 3.05) is 18.4 Å². The third-order valence-corrected chi connectivity index (χ3v) is 5.97. The maximum absolute atomic E-state index is 12.8. The Bertz CT molecular complexity index is 906. The van der Waals surface area contributed by atoms with Gasteiger partial charge in [-0.1, -0.05) is 18.2 Å². The highest BCUT2D eigenvalue weighted by molar-refractivity contribution is 6.04. The van der Waals surface area contributed by atoms with Crippen molar-refractivity contribution in [3.63, 3.8) is 0 Å². The number of amides is 2. The van der Waals surface area contributed by atoms with E-state index in [1.807, 2.05) is 36.4 Å². The topological polar surface area (TPSA) is 81.7 Å². The van der Waals surface area contributed by atoms with Gasteiger partial charge in [0.1, 0.15) is 0 Å². The Morgan fingerprint density at radius 2 is 1.90 bits per heavy atom. The molecule has 2 amide bonds. The molecule has 2 aliphatic rings. The second-order valence-corrected chi connectivity index (χ2v) is 8.04. The van der Waals surface area contributed by atoms with E-state index in [1.165, 1.54) is 18.4 Å². The molecule has 1 aliphatic heterocycles. The predicted octanol–water partition coefficient (Wildman–Crippen LogP) is 3.15. The molecule has 1 atom stereocenters. The number of anilines is 1. The number of carbonyl (C=O) groups is 2. The molecule has 0 spiro atoms. The van der Waals surface area contributed by atoms with E-state index >= 15 is 0 Å². The molecular formula is C23H27N3O3. The lowest BCUT2D eigenvalue weighted by atomic mass is 9.83. The fourth-order valence-electron chi connectivity index (χ4n) is 4.36. The molecule has 1 heterocycles. The number of likely N-dealkylation sites (tertiary alicyclic amines) is 1. The van der Waals surface area contributed by atoms with Gasteiger partial charge in [-0.15, -0.1) is 0 Å². The predicted molar refractivity (Wildman–Crippen MR) is 111 cm³/mol. The van der Waals surface area contributed by atoms with E-state index in [-0.39, 0.29) is 17.7 Å². The molecule has 0 saturated carbocycles. The zero-order valence-corrected chi connectivity index (χ0v) is 16.5. The Morgan fingerprint density at radius 3 is 2.69 bits per heavy atom. The van der Waals surface area contributed by atoms with Crippen molar-refractivity contribution in [1.29, 1.82) is 0 Å². The zero-order chi connectivity index (χ0) is 20.2. The minimum atomic E-state index is -0.347. The summed E-state index contributed by atoms with van der Waals surface area (Å²) in [5, 5.41) is 11.9. The molecule has 6 heteroatoms. The number of nitrogens with one attached hydrogen (secondary N) is 2. The Morgan fingerprint density at radius 1 is 1.07 bits per heavy atom. The van der Waals surface area contributed by atoms with Gasteiger partial charge >= 0.3 is 0 Å². The standard InChI is InChI=1S/C23H27N3O3/c27-22(18-5-3-4-16(12-18)15-26-10-1-2-11-26)24-21-9-8-17-6-7-19(23(28)25-29)13-20(17)14-21/h3-5,8-9,12,14,19,29H,1-2,6-7,10-11,13,15H2,(H,24,27)(H,25,28). The van der Waals surface area contributed by atoms with Gasteiger partial charge in [0.05, 0.1) is 0 Å². The van der Waals surface area contributed by atoms with Gasteiger partial charge in [0, 0.05) is 23.7 Å². The van der Waals surface area contributed by atoms with E-state index in [0.717, 1.165) is 49.3 Å². The van der Waals surface area contributed by atoms with Gasteiger partial charge in [-0.2, -0.15) is 0 Å². The Kier molecular flexibility index (Phi) is 5.92. The third-order valence-electron chi connectivity index (χ3n) is 5.97. The van der Waals surface area contributed by atoms with Crippen LogP contribution in [0, 0.1) is 5.92 Å². The number of fused-ring (bicyclic) bond motifs is 1. The highest BCUT2D eigenvalue weighted by Gasteiger charge is 2.24. The second-order valence-electron chi connectivity index (χ2n) is 8.04. The lowest BCUT2D eigenvalue weighted by molar-refractivity contribution is -0.133. The molecule has 1 fully saturated rings. The molecule has 1 unspecified atom stereocenters. The maximum atomic E-state index is 12.8. The van der Waals surface area contributed by atoms with Crippen LogP contribution in [0.3, 0.4) is 0 Å². The summed E-state index contributed by atoms with van der Waals surface area (Å²) in [5.41, 5.74) is 6.52. The van der Waals surface area contributed by atoms with E-state index in [1.54, 1.807) is 5.48 Å². The largest absolute Gasteiger partial charge is 0.322 e. The van der Waals surface area contributed by atoms with Crippen LogP contribution in [0.5, 0.6) is 0 Å². The van der Waals surface area contributed by atoms with Crippen LogP contribution in [0.2, 0.25) is 0 Å². The summed E-state index contributed by atoms with van der Waals surface area (Å²) in [5.74, 6) is -0.714. The molecule has 4 rings (SSSR count). The Balaban J connectivity index is 1.44. The number of hydroxylamine groups is 1. The molecule has 1 saturated heterocycles. The summed E-state index contributed by atoms with van der Waals surface area (Å²) in [6.07, 6.45) is 4.57. The van der Waals surface area contributed by atoms with Crippen LogP contribution in [-0.4, -0.2) is 35.0 Å². The van der Waals surface area contributed by atoms with Crippen LogP contribution in [0.15, 0.2) is 42.5 Å². The number of aryl methyl sites for hydroxylation is 1. The van der Waals surface area contributed by atoms with Gasteiger partial charge < -0.3 is 5.32 Å². The number of benzene rings is 2. The number of hydrogen-bond acceptors (Lipinski definition) is 4. The molecule has 0 radical (unpaired) electrons. The number of carbonyl (C=O) groups excluding carboxylic acids is 2. The normalized spacial score (nSPS) is 18.9. The van der Waals surface area contributed by atoms with Crippen molar-refractivity contribution in [2.45, 2.75) is 38.6 Å². The first-order valence-corrected chi connectivity index (χ1v) is 10.3. The Hall–Kier alpha value is -2.70. The summed E-state index contributed by atoms with van der Waals surface area (Å²) >= 11 is 0. The fraction of sp³-hybridized carbons (Fsp3) is 0.391. The van der Waals surface area contributed by atoms with Crippen molar-refractivity contribution in [2.24, 2.45) is 5.92 Å². The fourth-order valence-corrected chi connectivity index (χ4v) is 4.36. The molecule has 152 valence electrons. The van der Waals surface area contributed by atoms with Gasteiger partial charge in [-0.05, 0) is 86.1 Å². The quantitative estimate of drug-likeness (QED) is 0.538. The molecule has 3 N–H and O–H groups in total. The zero-order valence-electron chi connectivity index (χ0n) is 16.5. The molecule has 29 heavy (non-hydrogen) atoms. The third kappa shape index (κ3) is 4.66. The minimum Gasteiger partial charge on any atom is -0.322 e. The first-order chi connectivity index (χ1) is 14.1. The van der Waals surface area contributed by atoms with E-state index < -0.39 is 0 Å². The minimum absolute atomic E-state index is 0.131. The molecule has 6 nitrogen and oxygen atoms in total. The summed E-state index contributed by atoms with van der Waals surface area (Å²) in [4.78, 5) is 26.9. The second kappa shape index (κ2) is 8.76. The first kappa shape index (κ1) is 19.6. The van der Waals surface area contributed by atoms with E-state index in [9.17, 15) is 9.59 Å². The van der Waals surface area contributed by atoms with Crippen LogP contribution in [-0.2, 0) is 24.2 Å². The first-order valence-electron chi connectivity index (χ1n) is 10.3. The van der Waals surface area contributed by atoms with Crippen LogP contribution < -0.4 is 10.8 Å². The average molecular weight is 393 g/mol. The van der Waals surface area contributed by atoms with Crippen LogP contribution in [0.1, 0.15) is 46.3 Å². The summed E-state index contributed by atoms with van der Waals surface area (Å²) in [6, 6.07) is 13.7. The monoisotopic (exact) mass is 393 g/mol. The molecule has 1 aliphatic carbocycles. The lowest BCUT2D eigenvalue weighted by Gasteiger charge is -2.23. The van der Waals surface area contributed by atoms with Crippen molar-refractivity contribution < 1.29 is 14.8 Å². The summed E-state index contributed by atoms with van der Waals surface area (Å²) in [7, 11) is 0. The smallest absolute Gasteiger partial charge is 0.255 e. The average Bonchev–Trinajstić information content (AvgIpc) is 3.26. The van der Waals surface area contributed by atoms with Crippen LogP contribution >= 0.6 is 0 Å². The number of rotatable bonds is 5. The van der Waals surface area contributed by atoms with Crippen LogP contribution in [0.25, 0.3) is 0 Å². The highest BCUT2D eigenvalue weighted by atomic mass is 16.5. The van der Waals surface area contributed by atoms with Gasteiger partial charge in [-0.25, -0.2) is 5.48 Å². The highest BCUT2D eigenvalue weighted by Crippen LogP contribution is 2.28. The Labute approximate surface area is 170 Å². The van der Waals surface area contributed by atoms with Crippen molar-refractivity contribution in [1.82, 2.24) is 10.4 Å². The van der Waals surface area contributed by atoms with E-state index in [2.05, 4.69) is 16.3 Å². The molecular weight excluding hydrogens is 366 g/mol. The van der Waals surface area contributed by atoms with Gasteiger partial charge in [-0.3, -0.25) is 19.7 Å². The lowest BCUT2D eigenvalue weighted by Crippen LogP contribution is -2.32. The number of nitrogens with zero attached hydrogens (tertiary/aromatic N) is 1. The van der Waals surface area contributed by atoms with E-state index in [4.69, 9.17) is 5.21 Å².